The molecule has 0 spiro atoms. The van der Waals surface area contributed by atoms with Gasteiger partial charge in [-0.25, -0.2) is 0 Å². The van der Waals surface area contributed by atoms with Gasteiger partial charge in [0.05, 0.1) is 7.11 Å². The van der Waals surface area contributed by atoms with Crippen molar-refractivity contribution in [2.45, 2.75) is 20.4 Å². The molecular weight excluding hydrogens is 358 g/mol. The molecule has 0 fully saturated rings. The van der Waals surface area contributed by atoms with Crippen LogP contribution in [0.25, 0.3) is 0 Å². The summed E-state index contributed by atoms with van der Waals surface area (Å²) in [7, 11) is 3.23. The van der Waals surface area contributed by atoms with E-state index in [-0.39, 0.29) is 11.5 Å². The number of aryl methyl sites for hydroxylation is 1. The normalized spacial score (nSPS) is 10.8. The van der Waals surface area contributed by atoms with Crippen LogP contribution >= 0.6 is 0 Å². The van der Waals surface area contributed by atoms with Crippen molar-refractivity contribution in [2.24, 2.45) is 7.05 Å². The second-order valence-electron chi connectivity index (χ2n) is 6.41. The van der Waals surface area contributed by atoms with Crippen molar-refractivity contribution in [3.8, 4) is 11.5 Å². The summed E-state index contributed by atoms with van der Waals surface area (Å²) in [5, 5.41) is 2.82. The van der Waals surface area contributed by atoms with E-state index in [9.17, 15) is 9.59 Å². The second kappa shape index (κ2) is 10.5. The van der Waals surface area contributed by atoms with Crippen LogP contribution in [-0.4, -0.2) is 48.7 Å². The summed E-state index contributed by atoms with van der Waals surface area (Å²) >= 11 is 0. The minimum atomic E-state index is -0.295. The highest BCUT2D eigenvalue weighted by atomic mass is 16.5. The van der Waals surface area contributed by atoms with Gasteiger partial charge in [0, 0.05) is 38.0 Å². The number of ether oxygens (including phenoxy) is 2. The van der Waals surface area contributed by atoms with Crippen molar-refractivity contribution >= 4 is 5.91 Å². The van der Waals surface area contributed by atoms with E-state index in [1.807, 2.05) is 18.2 Å². The highest BCUT2D eigenvalue weighted by molar-refractivity contribution is 5.93. The summed E-state index contributed by atoms with van der Waals surface area (Å²) in [6.07, 6.45) is 1.57. The molecule has 0 aliphatic heterocycles. The molecule has 28 heavy (non-hydrogen) atoms. The van der Waals surface area contributed by atoms with E-state index in [0.29, 0.717) is 30.2 Å². The number of amides is 1. The fourth-order valence-corrected chi connectivity index (χ4v) is 2.74. The Morgan fingerprint density at radius 2 is 1.89 bits per heavy atom. The zero-order chi connectivity index (χ0) is 20.5. The minimum Gasteiger partial charge on any atom is -0.493 e. The van der Waals surface area contributed by atoms with Crippen LogP contribution in [0.2, 0.25) is 0 Å². The molecule has 0 saturated carbocycles. The summed E-state index contributed by atoms with van der Waals surface area (Å²) in [6.45, 7) is 7.99. The molecule has 2 aromatic rings. The average Bonchev–Trinajstić information content (AvgIpc) is 2.71. The van der Waals surface area contributed by atoms with Crippen LogP contribution in [0.5, 0.6) is 11.5 Å². The van der Waals surface area contributed by atoms with Gasteiger partial charge >= 0.3 is 0 Å². The highest BCUT2D eigenvalue weighted by Gasteiger charge is 2.10. The Morgan fingerprint density at radius 1 is 1.14 bits per heavy atom. The zero-order valence-corrected chi connectivity index (χ0v) is 17.0. The van der Waals surface area contributed by atoms with Crippen LogP contribution in [0.3, 0.4) is 0 Å². The first-order valence-electron chi connectivity index (χ1n) is 9.45. The molecule has 152 valence electrons. The number of pyridine rings is 1. The number of nitrogens with zero attached hydrogens (tertiary/aromatic N) is 2. The Labute approximate surface area is 165 Å². The summed E-state index contributed by atoms with van der Waals surface area (Å²) in [5.41, 5.74) is 0.997. The Kier molecular flexibility index (Phi) is 8.07. The molecule has 0 radical (unpaired) electrons. The number of nitrogens with one attached hydrogen (secondary N) is 1. The number of likely N-dealkylation sites (N-methyl/N-ethyl adjacent to an activating group) is 1. The molecule has 0 unspecified atom stereocenters. The minimum absolute atomic E-state index is 0.222. The highest BCUT2D eigenvalue weighted by Crippen LogP contribution is 2.28. The molecule has 0 bridgehead atoms. The van der Waals surface area contributed by atoms with Gasteiger partial charge in [0.25, 0.3) is 11.5 Å². The lowest BCUT2D eigenvalue weighted by atomic mass is 10.2. The maximum atomic E-state index is 12.2. The third kappa shape index (κ3) is 5.85. The number of benzene rings is 1. The molecule has 0 aliphatic rings. The predicted molar refractivity (Wildman–Crippen MR) is 109 cm³/mol. The Balaban J connectivity index is 1.96. The molecule has 2 rings (SSSR count). The van der Waals surface area contributed by atoms with E-state index in [4.69, 9.17) is 9.47 Å². The summed E-state index contributed by atoms with van der Waals surface area (Å²) in [6, 6.07) is 8.52. The number of hydrogen-bond acceptors (Lipinski definition) is 5. The zero-order valence-electron chi connectivity index (χ0n) is 17.0. The van der Waals surface area contributed by atoms with Gasteiger partial charge in [-0.2, -0.15) is 0 Å². The second-order valence-corrected chi connectivity index (χ2v) is 6.41. The SMILES string of the molecule is CCN(CC)CCOc1ccc(CNC(=O)c2ccn(C)c(=O)c2)cc1OC. The van der Waals surface area contributed by atoms with Crippen LogP contribution in [0.1, 0.15) is 29.8 Å². The van der Waals surface area contributed by atoms with Crippen LogP contribution in [0, 0.1) is 0 Å². The maximum absolute atomic E-state index is 12.2. The van der Waals surface area contributed by atoms with Gasteiger partial charge < -0.3 is 24.3 Å². The molecular formula is C21H29N3O4. The number of carbonyl (C=O) groups is 1. The summed E-state index contributed by atoms with van der Waals surface area (Å²) in [4.78, 5) is 26.2. The Bertz CT molecular complexity index is 844. The Morgan fingerprint density at radius 3 is 2.54 bits per heavy atom. The molecule has 7 heteroatoms. The van der Waals surface area contributed by atoms with Crippen molar-refractivity contribution in [1.29, 1.82) is 0 Å². The number of hydrogen-bond donors (Lipinski definition) is 1. The lowest BCUT2D eigenvalue weighted by Gasteiger charge is -2.19. The molecule has 0 atom stereocenters. The van der Waals surface area contributed by atoms with Crippen LogP contribution in [0.15, 0.2) is 41.3 Å². The monoisotopic (exact) mass is 387 g/mol. The predicted octanol–water partition coefficient (Wildman–Crippen LogP) is 2.04. The first kappa shape index (κ1) is 21.5. The molecule has 0 aliphatic carbocycles. The van der Waals surface area contributed by atoms with Gasteiger partial charge in [-0.1, -0.05) is 19.9 Å². The maximum Gasteiger partial charge on any atom is 0.251 e. The van der Waals surface area contributed by atoms with Gasteiger partial charge in [0.1, 0.15) is 6.61 Å². The lowest BCUT2D eigenvalue weighted by molar-refractivity contribution is 0.0950. The van der Waals surface area contributed by atoms with Gasteiger partial charge in [-0.3, -0.25) is 9.59 Å². The molecule has 1 amide bonds. The van der Waals surface area contributed by atoms with E-state index in [1.165, 1.54) is 10.6 Å². The number of aromatic nitrogens is 1. The number of rotatable bonds is 10. The quantitative estimate of drug-likeness (QED) is 0.675. The van der Waals surface area contributed by atoms with E-state index in [0.717, 1.165) is 25.2 Å². The third-order valence-corrected chi connectivity index (χ3v) is 4.61. The van der Waals surface area contributed by atoms with Gasteiger partial charge in [-0.05, 0) is 36.9 Å². The first-order chi connectivity index (χ1) is 13.5. The van der Waals surface area contributed by atoms with Gasteiger partial charge in [-0.15, -0.1) is 0 Å². The van der Waals surface area contributed by atoms with Crippen molar-refractivity contribution in [2.75, 3.05) is 33.4 Å². The fraction of sp³-hybridized carbons (Fsp3) is 0.429. The molecule has 1 N–H and O–H groups in total. The topological polar surface area (TPSA) is 72.8 Å². The number of methoxy groups -OCH3 is 1. The van der Waals surface area contributed by atoms with Crippen LogP contribution in [-0.2, 0) is 13.6 Å². The van der Waals surface area contributed by atoms with Gasteiger partial charge in [0.2, 0.25) is 0 Å². The van der Waals surface area contributed by atoms with Crippen LogP contribution in [0.4, 0.5) is 0 Å². The first-order valence-corrected chi connectivity index (χ1v) is 9.45. The summed E-state index contributed by atoms with van der Waals surface area (Å²) in [5.74, 6) is 1.01. The lowest BCUT2D eigenvalue weighted by Crippen LogP contribution is -2.28. The molecule has 0 saturated heterocycles. The van der Waals surface area contributed by atoms with Crippen molar-refractivity contribution in [3.05, 3.63) is 58.0 Å². The number of carbonyl (C=O) groups excluding carboxylic acids is 1. The molecule has 1 aromatic carbocycles. The molecule has 1 heterocycles. The largest absolute Gasteiger partial charge is 0.493 e. The molecule has 1 aromatic heterocycles. The van der Waals surface area contributed by atoms with Crippen LogP contribution < -0.4 is 20.3 Å². The van der Waals surface area contributed by atoms with E-state index < -0.39 is 0 Å². The standard InChI is InChI=1S/C21H29N3O4/c1-5-24(6-2)11-12-28-18-8-7-16(13-19(18)27-4)15-22-21(26)17-9-10-23(3)20(25)14-17/h7-10,13-14H,5-6,11-12,15H2,1-4H3,(H,22,26). The van der Waals surface area contributed by atoms with E-state index in [2.05, 4.69) is 24.1 Å². The van der Waals surface area contributed by atoms with Gasteiger partial charge in [0.15, 0.2) is 11.5 Å². The Hall–Kier alpha value is -2.80. The smallest absolute Gasteiger partial charge is 0.251 e. The molecule has 7 nitrogen and oxygen atoms in total. The third-order valence-electron chi connectivity index (χ3n) is 4.61. The van der Waals surface area contributed by atoms with E-state index >= 15 is 0 Å². The average molecular weight is 387 g/mol. The fourth-order valence-electron chi connectivity index (χ4n) is 2.74. The van der Waals surface area contributed by atoms with E-state index in [1.54, 1.807) is 26.4 Å². The van der Waals surface area contributed by atoms with Crippen molar-refractivity contribution < 1.29 is 14.3 Å². The van der Waals surface area contributed by atoms with Crippen molar-refractivity contribution in [1.82, 2.24) is 14.8 Å². The van der Waals surface area contributed by atoms with Crippen molar-refractivity contribution in [3.63, 3.8) is 0 Å². The summed E-state index contributed by atoms with van der Waals surface area (Å²) < 4.78 is 12.7.